The van der Waals surface area contributed by atoms with Crippen molar-refractivity contribution in [1.29, 1.82) is 0 Å². The van der Waals surface area contributed by atoms with E-state index in [1.807, 2.05) is 56.5 Å². The van der Waals surface area contributed by atoms with E-state index in [4.69, 9.17) is 15.1 Å². The number of nitrogens with zero attached hydrogens (tertiary/aromatic N) is 4. The smallest absolute Gasteiger partial charge is 0.163 e. The summed E-state index contributed by atoms with van der Waals surface area (Å²) < 4.78 is 2.08. The zero-order valence-corrected chi connectivity index (χ0v) is 19.4. The molecular weight excluding hydrogens is 427 g/mol. The number of rotatable bonds is 5. The van der Waals surface area contributed by atoms with Crippen LogP contribution >= 0.6 is 0 Å². The maximum atomic E-state index is 5.29. The van der Waals surface area contributed by atoms with Gasteiger partial charge in [0, 0.05) is 11.6 Å². The summed E-state index contributed by atoms with van der Waals surface area (Å²) in [6.45, 7) is 0. The average Bonchev–Trinajstić information content (AvgIpc) is 3.31. The van der Waals surface area contributed by atoms with Crippen LogP contribution < -0.4 is 5.59 Å². The van der Waals surface area contributed by atoms with E-state index < -0.39 is 5.54 Å². The lowest BCUT2D eigenvalue weighted by Gasteiger charge is -2.36. The molecule has 0 N–H and O–H groups in total. The molecule has 0 amide bonds. The number of aromatic nitrogens is 4. The second-order valence-electron chi connectivity index (χ2n) is 8.61. The topological polar surface area (TPSA) is 43.6 Å². The summed E-state index contributed by atoms with van der Waals surface area (Å²) in [5.41, 5.74) is 6.01. The van der Waals surface area contributed by atoms with E-state index in [1.165, 1.54) is 0 Å². The van der Waals surface area contributed by atoms with Crippen LogP contribution in [0.25, 0.3) is 22.4 Å². The van der Waals surface area contributed by atoms with Gasteiger partial charge in [-0.1, -0.05) is 103 Å². The van der Waals surface area contributed by atoms with Gasteiger partial charge in [0.1, 0.15) is 11.2 Å². The fourth-order valence-electron chi connectivity index (χ4n) is 4.95. The molecule has 3 aromatic heterocycles. The highest BCUT2D eigenvalue weighted by Crippen LogP contribution is 2.43. The van der Waals surface area contributed by atoms with Crippen molar-refractivity contribution in [2.45, 2.75) is 5.54 Å². The standard InChI is InChI=1S/C30H23BN4/c31-27-20-10-19-26(33-27)28-25-18-11-21-32-29(25)35(34-28)30(22-12-4-1-5-13-22,23-14-6-2-7-15-23)24-16-8-3-9-17-24/h1-21H,31H2. The van der Waals surface area contributed by atoms with Gasteiger partial charge in [-0.15, -0.1) is 0 Å². The summed E-state index contributed by atoms with van der Waals surface area (Å²) in [6, 6.07) is 41.7. The predicted octanol–water partition coefficient (Wildman–Crippen LogP) is 4.59. The quantitative estimate of drug-likeness (QED) is 0.285. The Hall–Kier alpha value is -4.51. The highest BCUT2D eigenvalue weighted by Gasteiger charge is 2.41. The van der Waals surface area contributed by atoms with Crippen LogP contribution in [-0.4, -0.2) is 27.6 Å². The Kier molecular flexibility index (Phi) is 5.23. The first-order valence-electron chi connectivity index (χ1n) is 11.7. The van der Waals surface area contributed by atoms with Crippen molar-refractivity contribution in [2.75, 3.05) is 0 Å². The molecule has 0 spiro atoms. The summed E-state index contributed by atoms with van der Waals surface area (Å²) in [5.74, 6) is 0. The first kappa shape index (κ1) is 21.1. The number of hydrogen-bond donors (Lipinski definition) is 0. The lowest BCUT2D eigenvalue weighted by atomic mass is 9.77. The maximum absolute atomic E-state index is 5.29. The normalized spacial score (nSPS) is 11.5. The molecule has 5 heteroatoms. The fraction of sp³-hybridized carbons (Fsp3) is 0.0333. The summed E-state index contributed by atoms with van der Waals surface area (Å²) in [7, 11) is 2.00. The molecule has 3 heterocycles. The predicted molar refractivity (Wildman–Crippen MR) is 144 cm³/mol. The van der Waals surface area contributed by atoms with Gasteiger partial charge in [0.05, 0.1) is 5.69 Å². The molecule has 3 aromatic carbocycles. The lowest BCUT2D eigenvalue weighted by molar-refractivity contribution is 0.473. The van der Waals surface area contributed by atoms with Gasteiger partial charge in [-0.05, 0) is 40.5 Å². The van der Waals surface area contributed by atoms with E-state index in [-0.39, 0.29) is 0 Å². The van der Waals surface area contributed by atoms with Gasteiger partial charge in [-0.2, -0.15) is 5.10 Å². The Bertz CT molecular complexity index is 1500. The minimum Gasteiger partial charge on any atom is -0.262 e. The SMILES string of the molecule is Bc1cccc(-c2nn(C(c3ccccc3)(c3ccccc3)c3ccccc3)c3ncccc23)n1. The van der Waals surface area contributed by atoms with Gasteiger partial charge in [-0.25, -0.2) is 9.67 Å². The van der Waals surface area contributed by atoms with E-state index in [0.717, 1.165) is 44.7 Å². The monoisotopic (exact) mass is 450 g/mol. The van der Waals surface area contributed by atoms with Crippen LogP contribution in [-0.2, 0) is 5.54 Å². The van der Waals surface area contributed by atoms with Crippen molar-refractivity contribution in [3.8, 4) is 11.4 Å². The van der Waals surface area contributed by atoms with E-state index >= 15 is 0 Å². The van der Waals surface area contributed by atoms with Crippen LogP contribution in [0.3, 0.4) is 0 Å². The molecule has 0 aliphatic rings. The van der Waals surface area contributed by atoms with E-state index in [2.05, 4.69) is 83.5 Å². The third-order valence-electron chi connectivity index (χ3n) is 6.47. The van der Waals surface area contributed by atoms with Crippen LogP contribution in [0, 0.1) is 0 Å². The van der Waals surface area contributed by atoms with E-state index in [9.17, 15) is 0 Å². The highest BCUT2D eigenvalue weighted by molar-refractivity contribution is 6.30. The molecule has 0 radical (unpaired) electrons. The van der Waals surface area contributed by atoms with Crippen LogP contribution in [0.2, 0.25) is 0 Å². The van der Waals surface area contributed by atoms with Gasteiger partial charge >= 0.3 is 0 Å². The number of pyridine rings is 2. The van der Waals surface area contributed by atoms with Crippen LogP contribution in [0.5, 0.6) is 0 Å². The molecule has 6 rings (SSSR count). The second kappa shape index (κ2) is 8.69. The maximum Gasteiger partial charge on any atom is 0.163 e. The summed E-state index contributed by atoms with van der Waals surface area (Å²) in [6.07, 6.45) is 1.83. The third-order valence-corrected chi connectivity index (χ3v) is 6.47. The van der Waals surface area contributed by atoms with Gasteiger partial charge in [-0.3, -0.25) is 4.98 Å². The molecule has 4 nitrogen and oxygen atoms in total. The van der Waals surface area contributed by atoms with Crippen molar-refractivity contribution in [1.82, 2.24) is 19.7 Å². The summed E-state index contributed by atoms with van der Waals surface area (Å²) in [4.78, 5) is 9.67. The molecule has 0 aliphatic carbocycles. The van der Waals surface area contributed by atoms with Crippen LogP contribution in [0.1, 0.15) is 16.7 Å². The Morgan fingerprint density at radius 2 is 1.17 bits per heavy atom. The fourth-order valence-corrected chi connectivity index (χ4v) is 4.95. The first-order chi connectivity index (χ1) is 17.3. The lowest BCUT2D eigenvalue weighted by Crippen LogP contribution is -2.38. The molecule has 35 heavy (non-hydrogen) atoms. The van der Waals surface area contributed by atoms with Crippen molar-refractivity contribution in [2.24, 2.45) is 0 Å². The Morgan fingerprint density at radius 1 is 0.600 bits per heavy atom. The van der Waals surface area contributed by atoms with Crippen LogP contribution in [0.4, 0.5) is 0 Å². The molecule has 166 valence electrons. The van der Waals surface area contributed by atoms with Crippen molar-refractivity contribution >= 4 is 24.5 Å². The van der Waals surface area contributed by atoms with Gasteiger partial charge in [0.2, 0.25) is 0 Å². The van der Waals surface area contributed by atoms with Gasteiger partial charge < -0.3 is 0 Å². The second-order valence-corrected chi connectivity index (χ2v) is 8.61. The molecular formula is C30H23BN4. The number of hydrogen-bond acceptors (Lipinski definition) is 3. The van der Waals surface area contributed by atoms with Crippen molar-refractivity contribution in [3.63, 3.8) is 0 Å². The first-order valence-corrected chi connectivity index (χ1v) is 11.7. The van der Waals surface area contributed by atoms with Crippen molar-refractivity contribution < 1.29 is 0 Å². The summed E-state index contributed by atoms with van der Waals surface area (Å²) >= 11 is 0. The van der Waals surface area contributed by atoms with E-state index in [0.29, 0.717) is 0 Å². The van der Waals surface area contributed by atoms with Gasteiger partial charge in [0.25, 0.3) is 0 Å². The van der Waals surface area contributed by atoms with Gasteiger partial charge in [0.15, 0.2) is 13.5 Å². The number of fused-ring (bicyclic) bond motifs is 1. The molecule has 0 unspecified atom stereocenters. The van der Waals surface area contributed by atoms with Crippen molar-refractivity contribution in [3.05, 3.63) is 144 Å². The van der Waals surface area contributed by atoms with Crippen LogP contribution in [0.15, 0.2) is 128 Å². The average molecular weight is 450 g/mol. The minimum absolute atomic E-state index is 0.738. The largest absolute Gasteiger partial charge is 0.262 e. The molecule has 6 aromatic rings. The molecule has 0 saturated heterocycles. The minimum atomic E-state index is -0.738. The zero-order valence-electron chi connectivity index (χ0n) is 19.4. The molecule has 0 aliphatic heterocycles. The molecule has 0 saturated carbocycles. The molecule has 0 atom stereocenters. The third kappa shape index (κ3) is 3.44. The zero-order chi connectivity index (χ0) is 23.7. The Morgan fingerprint density at radius 3 is 1.71 bits per heavy atom. The summed E-state index contributed by atoms with van der Waals surface area (Å²) in [5, 5.41) is 6.26. The highest BCUT2D eigenvalue weighted by atomic mass is 15.4. The number of benzene rings is 3. The van der Waals surface area contributed by atoms with E-state index in [1.54, 1.807) is 0 Å². The Labute approximate surface area is 205 Å². The molecule has 0 bridgehead atoms. The Balaban J connectivity index is 1.78. The molecule has 0 fully saturated rings.